The minimum Gasteiger partial charge on any atom is -0.381 e. The van der Waals surface area contributed by atoms with Crippen LogP contribution >= 0.6 is 0 Å². The smallest absolute Gasteiger partial charge is 0.256 e. The number of rotatable bonds is 7. The molecule has 1 amide bonds. The van der Waals surface area contributed by atoms with Gasteiger partial charge >= 0.3 is 0 Å². The van der Waals surface area contributed by atoms with E-state index in [4.69, 9.17) is 5.10 Å². The summed E-state index contributed by atoms with van der Waals surface area (Å²) in [6, 6.07) is 10.3. The number of hydrogen-bond acceptors (Lipinski definition) is 6. The molecule has 40 heavy (non-hydrogen) atoms. The van der Waals surface area contributed by atoms with Crippen molar-refractivity contribution in [1.82, 2.24) is 34.4 Å². The standard InChI is InChI=1S/C28H22F3N7O2/c1-36-12-24-25(27(36)39)20(8-9-33-24)21-11-37(35-26(21)17-2-4-18(29)5-3-17)13-28(40,14-38-16-32-15-34-38)22-7-6-19(30)10-23(22)31/h2-11,15-16,40H,12-14H2,1H3/t28-/m1/s1. The molecule has 3 aromatic heterocycles. The van der Waals surface area contributed by atoms with Crippen LogP contribution in [-0.4, -0.2) is 52.5 Å². The summed E-state index contributed by atoms with van der Waals surface area (Å²) in [5.74, 6) is -2.35. The maximum atomic E-state index is 15.0. The third-order valence-electron chi connectivity index (χ3n) is 6.89. The Morgan fingerprint density at radius 3 is 2.45 bits per heavy atom. The molecule has 1 N–H and O–H groups in total. The largest absolute Gasteiger partial charge is 0.381 e. The van der Waals surface area contributed by atoms with E-state index in [9.17, 15) is 23.1 Å². The van der Waals surface area contributed by atoms with Crippen molar-refractivity contribution in [3.63, 3.8) is 0 Å². The molecule has 202 valence electrons. The molecule has 0 saturated carbocycles. The molecule has 0 aliphatic carbocycles. The fourth-order valence-corrected chi connectivity index (χ4v) is 5.03. The topological polar surface area (TPSA) is 102 Å². The molecule has 0 fully saturated rings. The molecule has 0 saturated heterocycles. The molecule has 0 bridgehead atoms. The molecule has 4 heterocycles. The first kappa shape index (κ1) is 25.4. The highest BCUT2D eigenvalue weighted by Gasteiger charge is 2.36. The summed E-state index contributed by atoms with van der Waals surface area (Å²) in [5.41, 5.74) is 1.02. The monoisotopic (exact) mass is 545 g/mol. The Morgan fingerprint density at radius 1 is 0.975 bits per heavy atom. The van der Waals surface area contributed by atoms with Crippen molar-refractivity contribution in [2.24, 2.45) is 0 Å². The number of fused-ring (bicyclic) bond motifs is 1. The first-order valence-corrected chi connectivity index (χ1v) is 12.3. The summed E-state index contributed by atoms with van der Waals surface area (Å²) in [5, 5.41) is 20.6. The van der Waals surface area contributed by atoms with Crippen LogP contribution in [0.3, 0.4) is 0 Å². The number of aromatic nitrogens is 6. The maximum absolute atomic E-state index is 15.0. The van der Waals surface area contributed by atoms with E-state index in [1.807, 2.05) is 0 Å². The number of hydrogen-bond donors (Lipinski definition) is 1. The molecule has 1 aliphatic rings. The summed E-state index contributed by atoms with van der Waals surface area (Å²) in [6.45, 7) is -0.140. The zero-order chi connectivity index (χ0) is 28.0. The van der Waals surface area contributed by atoms with Gasteiger partial charge in [-0.25, -0.2) is 22.8 Å². The highest BCUT2D eigenvalue weighted by Crippen LogP contribution is 2.38. The van der Waals surface area contributed by atoms with E-state index in [0.717, 1.165) is 6.07 Å². The van der Waals surface area contributed by atoms with E-state index in [1.54, 1.807) is 42.5 Å². The Morgan fingerprint density at radius 2 is 1.73 bits per heavy atom. The molecular formula is C28H22F3N7O2. The Bertz CT molecular complexity index is 1720. The molecule has 0 unspecified atom stereocenters. The second-order valence-electron chi connectivity index (χ2n) is 9.69. The van der Waals surface area contributed by atoms with Gasteiger partial charge in [-0.05, 0) is 36.4 Å². The minimum absolute atomic E-state index is 0.161. The number of carbonyl (C=O) groups is 1. The van der Waals surface area contributed by atoms with E-state index in [-0.39, 0.29) is 24.6 Å². The van der Waals surface area contributed by atoms with Gasteiger partial charge in [0.05, 0.1) is 30.9 Å². The van der Waals surface area contributed by atoms with Crippen LogP contribution in [0.15, 0.2) is 73.6 Å². The van der Waals surface area contributed by atoms with Crippen molar-refractivity contribution in [3.05, 3.63) is 108 Å². The van der Waals surface area contributed by atoms with Gasteiger partial charge in [-0.15, -0.1) is 0 Å². The van der Waals surface area contributed by atoms with Crippen molar-refractivity contribution in [2.75, 3.05) is 7.05 Å². The van der Waals surface area contributed by atoms with Crippen LogP contribution in [0.4, 0.5) is 13.2 Å². The van der Waals surface area contributed by atoms with Crippen LogP contribution in [0.2, 0.25) is 0 Å². The predicted octanol–water partition coefficient (Wildman–Crippen LogP) is 3.79. The fraction of sp³-hybridized carbons (Fsp3) is 0.179. The van der Waals surface area contributed by atoms with Gasteiger partial charge in [-0.1, -0.05) is 6.07 Å². The number of carbonyl (C=O) groups excluding carboxylic acids is 1. The Balaban J connectivity index is 1.50. The third kappa shape index (κ3) is 4.51. The minimum atomic E-state index is -1.94. The lowest BCUT2D eigenvalue weighted by atomic mass is 9.93. The van der Waals surface area contributed by atoms with E-state index in [1.165, 1.54) is 40.2 Å². The van der Waals surface area contributed by atoms with Gasteiger partial charge in [0.25, 0.3) is 5.91 Å². The molecule has 2 aromatic carbocycles. The number of benzene rings is 2. The average Bonchev–Trinajstić information content (AvgIpc) is 3.64. The first-order chi connectivity index (χ1) is 19.2. The first-order valence-electron chi connectivity index (χ1n) is 12.3. The predicted molar refractivity (Wildman–Crippen MR) is 137 cm³/mol. The summed E-state index contributed by atoms with van der Waals surface area (Å²) in [7, 11) is 1.68. The van der Waals surface area contributed by atoms with Gasteiger partial charge < -0.3 is 10.0 Å². The molecular weight excluding hydrogens is 523 g/mol. The van der Waals surface area contributed by atoms with Crippen LogP contribution in [0.5, 0.6) is 0 Å². The molecule has 0 radical (unpaired) electrons. The lowest BCUT2D eigenvalue weighted by Gasteiger charge is -2.29. The second kappa shape index (κ2) is 9.72. The number of aliphatic hydroxyl groups is 1. The van der Waals surface area contributed by atoms with Crippen molar-refractivity contribution < 1.29 is 23.1 Å². The van der Waals surface area contributed by atoms with Crippen molar-refractivity contribution in [2.45, 2.75) is 25.2 Å². The maximum Gasteiger partial charge on any atom is 0.256 e. The fourth-order valence-electron chi connectivity index (χ4n) is 5.03. The summed E-state index contributed by atoms with van der Waals surface area (Å²) < 4.78 is 45.3. The van der Waals surface area contributed by atoms with Crippen LogP contribution in [0.1, 0.15) is 21.6 Å². The molecule has 1 aliphatic heterocycles. The molecule has 5 aromatic rings. The number of nitrogens with zero attached hydrogens (tertiary/aromatic N) is 7. The van der Waals surface area contributed by atoms with Gasteiger partial charge in [0, 0.05) is 47.8 Å². The summed E-state index contributed by atoms with van der Waals surface area (Å²) in [6.07, 6.45) is 5.88. The molecule has 1 atom stereocenters. The molecule has 6 rings (SSSR count). The van der Waals surface area contributed by atoms with Crippen molar-refractivity contribution >= 4 is 5.91 Å². The highest BCUT2D eigenvalue weighted by atomic mass is 19.1. The van der Waals surface area contributed by atoms with Crippen LogP contribution in [-0.2, 0) is 25.2 Å². The molecule has 0 spiro atoms. The van der Waals surface area contributed by atoms with E-state index in [2.05, 4.69) is 15.1 Å². The zero-order valence-corrected chi connectivity index (χ0v) is 21.2. The lowest BCUT2D eigenvalue weighted by Crippen LogP contribution is -2.37. The van der Waals surface area contributed by atoms with E-state index >= 15 is 0 Å². The van der Waals surface area contributed by atoms with E-state index < -0.39 is 23.1 Å². The van der Waals surface area contributed by atoms with Gasteiger partial charge in [-0.3, -0.25) is 14.5 Å². The van der Waals surface area contributed by atoms with E-state index in [0.29, 0.717) is 46.3 Å². The van der Waals surface area contributed by atoms with Gasteiger partial charge in [-0.2, -0.15) is 10.2 Å². The van der Waals surface area contributed by atoms with Crippen LogP contribution in [0.25, 0.3) is 22.4 Å². The summed E-state index contributed by atoms with van der Waals surface area (Å²) >= 11 is 0. The van der Waals surface area contributed by atoms with Crippen molar-refractivity contribution in [1.29, 1.82) is 0 Å². The quantitative estimate of drug-likeness (QED) is 0.334. The van der Waals surface area contributed by atoms with Gasteiger partial charge in [0.1, 0.15) is 41.4 Å². The number of amides is 1. The SMILES string of the molecule is CN1Cc2nccc(-c3cn(C[C@@](O)(Cn4cncn4)c4ccc(F)cc4F)nc3-c3ccc(F)cc3)c2C1=O. The summed E-state index contributed by atoms with van der Waals surface area (Å²) in [4.78, 5) is 22.8. The van der Waals surface area contributed by atoms with Crippen LogP contribution < -0.4 is 0 Å². The van der Waals surface area contributed by atoms with Gasteiger partial charge in [0.2, 0.25) is 0 Å². The number of pyridine rings is 1. The molecule has 9 nitrogen and oxygen atoms in total. The Hall–Kier alpha value is -4.84. The second-order valence-corrected chi connectivity index (χ2v) is 9.69. The normalized spacial score (nSPS) is 14.4. The lowest BCUT2D eigenvalue weighted by molar-refractivity contribution is -0.00840. The highest BCUT2D eigenvalue weighted by molar-refractivity contribution is 6.05. The Labute approximate surface area is 226 Å². The number of halogens is 3. The average molecular weight is 546 g/mol. The third-order valence-corrected chi connectivity index (χ3v) is 6.89. The van der Waals surface area contributed by atoms with Gasteiger partial charge in [0.15, 0.2) is 0 Å². The zero-order valence-electron chi connectivity index (χ0n) is 21.2. The van der Waals surface area contributed by atoms with Crippen LogP contribution in [0, 0.1) is 17.5 Å². The molecule has 12 heteroatoms. The Kier molecular flexibility index (Phi) is 6.18. The van der Waals surface area contributed by atoms with Crippen molar-refractivity contribution in [3.8, 4) is 22.4 Å².